The molecular formula is C26H22F2N2O4. The van der Waals surface area contributed by atoms with Gasteiger partial charge in [0.05, 0.1) is 11.7 Å². The molecule has 0 aliphatic heterocycles. The molecule has 1 amide bonds. The van der Waals surface area contributed by atoms with E-state index in [-0.39, 0.29) is 25.5 Å². The second-order valence-corrected chi connectivity index (χ2v) is 8.02. The molecule has 6 nitrogen and oxygen atoms in total. The topological polar surface area (TPSA) is 103 Å². The first kappa shape index (κ1) is 23.4. The van der Waals surface area contributed by atoms with E-state index in [1.807, 2.05) is 48.5 Å². The van der Waals surface area contributed by atoms with Crippen LogP contribution in [0.1, 0.15) is 40.7 Å². The average molecular weight is 464 g/mol. The number of carbonyl (C=O) groups excluding carboxylic acids is 1. The summed E-state index contributed by atoms with van der Waals surface area (Å²) in [7, 11) is 0. The van der Waals surface area contributed by atoms with Crippen molar-refractivity contribution in [2.75, 3.05) is 13.2 Å². The molecule has 0 bridgehead atoms. The second-order valence-electron chi connectivity index (χ2n) is 8.02. The number of nitrogens with zero attached hydrogens (tertiary/aromatic N) is 1. The predicted molar refractivity (Wildman–Crippen MR) is 120 cm³/mol. The summed E-state index contributed by atoms with van der Waals surface area (Å²) in [6.07, 6.45) is -4.03. The number of alkyl carbamates (subject to hydrolysis) is 1. The number of aliphatic hydroxyl groups is 2. The maximum Gasteiger partial charge on any atom is 0.407 e. The molecule has 0 saturated carbocycles. The van der Waals surface area contributed by atoms with Crippen LogP contribution in [-0.4, -0.2) is 35.6 Å². The molecule has 0 heterocycles. The summed E-state index contributed by atoms with van der Waals surface area (Å²) in [5, 5.41) is 31.6. The Balaban J connectivity index is 1.30. The number of benzene rings is 3. The quantitative estimate of drug-likeness (QED) is 0.487. The van der Waals surface area contributed by atoms with E-state index in [9.17, 15) is 23.8 Å². The molecule has 174 valence electrons. The van der Waals surface area contributed by atoms with Crippen molar-refractivity contribution < 1.29 is 28.5 Å². The summed E-state index contributed by atoms with van der Waals surface area (Å²) in [6.45, 7) is 0.0655. The van der Waals surface area contributed by atoms with Crippen molar-refractivity contribution in [3.8, 4) is 17.2 Å². The standard InChI is InChI=1S/C26H22F2N2O4/c27-22-12-20(23(28)11-15(22)13-29)25(32)24(31)9-10-30-26(33)34-14-21-18-7-3-1-5-16(18)17-6-2-4-8-19(17)21/h1-8,11-12,21,24-25,31-32H,9-10,14H2,(H,30,33). The van der Waals surface area contributed by atoms with Gasteiger partial charge in [-0.15, -0.1) is 0 Å². The molecule has 3 N–H and O–H groups in total. The minimum absolute atomic E-state index is 0.0602. The summed E-state index contributed by atoms with van der Waals surface area (Å²) in [5.41, 5.74) is 3.40. The number of nitriles is 1. The van der Waals surface area contributed by atoms with Crippen molar-refractivity contribution in [2.45, 2.75) is 24.5 Å². The Morgan fingerprint density at radius 1 is 1.03 bits per heavy atom. The molecule has 0 spiro atoms. The molecular weight excluding hydrogens is 442 g/mol. The number of halogens is 2. The molecule has 4 rings (SSSR count). The lowest BCUT2D eigenvalue weighted by molar-refractivity contribution is 0.0115. The van der Waals surface area contributed by atoms with Gasteiger partial charge < -0.3 is 20.3 Å². The maximum absolute atomic E-state index is 14.1. The molecule has 1 aliphatic rings. The first-order valence-electron chi connectivity index (χ1n) is 10.7. The third-order valence-electron chi connectivity index (χ3n) is 5.94. The van der Waals surface area contributed by atoms with Crippen LogP contribution < -0.4 is 5.32 Å². The van der Waals surface area contributed by atoms with E-state index in [1.165, 1.54) is 6.07 Å². The van der Waals surface area contributed by atoms with Crippen LogP contribution in [0.4, 0.5) is 13.6 Å². The monoisotopic (exact) mass is 464 g/mol. The number of aliphatic hydroxyl groups excluding tert-OH is 2. The van der Waals surface area contributed by atoms with Gasteiger partial charge in [-0.1, -0.05) is 48.5 Å². The van der Waals surface area contributed by atoms with E-state index in [1.54, 1.807) is 0 Å². The van der Waals surface area contributed by atoms with Crippen molar-refractivity contribution in [1.29, 1.82) is 5.26 Å². The van der Waals surface area contributed by atoms with Crippen LogP contribution in [-0.2, 0) is 4.74 Å². The van der Waals surface area contributed by atoms with Crippen LogP contribution in [0, 0.1) is 23.0 Å². The molecule has 0 aromatic heterocycles. The van der Waals surface area contributed by atoms with Gasteiger partial charge in [0.2, 0.25) is 0 Å². The fraction of sp³-hybridized carbons (Fsp3) is 0.231. The summed E-state index contributed by atoms with van der Waals surface area (Å²) < 4.78 is 33.2. The van der Waals surface area contributed by atoms with E-state index < -0.39 is 41.1 Å². The smallest absolute Gasteiger partial charge is 0.407 e. The summed E-state index contributed by atoms with van der Waals surface area (Å²) >= 11 is 0. The molecule has 34 heavy (non-hydrogen) atoms. The zero-order valence-electron chi connectivity index (χ0n) is 18.0. The van der Waals surface area contributed by atoms with Crippen LogP contribution in [0.3, 0.4) is 0 Å². The zero-order valence-corrected chi connectivity index (χ0v) is 18.0. The van der Waals surface area contributed by atoms with Gasteiger partial charge >= 0.3 is 6.09 Å². The van der Waals surface area contributed by atoms with E-state index in [0.29, 0.717) is 12.1 Å². The second kappa shape index (κ2) is 10.00. The number of rotatable bonds is 7. The molecule has 0 fully saturated rings. The number of amides is 1. The average Bonchev–Trinajstić information content (AvgIpc) is 3.17. The van der Waals surface area contributed by atoms with Crippen LogP contribution in [0.15, 0.2) is 60.7 Å². The van der Waals surface area contributed by atoms with E-state index in [4.69, 9.17) is 10.00 Å². The predicted octanol–water partition coefficient (Wildman–Crippen LogP) is 4.16. The lowest BCUT2D eigenvalue weighted by atomic mass is 9.98. The Hall–Kier alpha value is -3.80. The minimum Gasteiger partial charge on any atom is -0.449 e. The molecule has 0 saturated heterocycles. The fourth-order valence-corrected chi connectivity index (χ4v) is 4.21. The van der Waals surface area contributed by atoms with Gasteiger partial charge in [-0.3, -0.25) is 0 Å². The molecule has 2 unspecified atom stereocenters. The van der Waals surface area contributed by atoms with Crippen molar-refractivity contribution in [1.82, 2.24) is 5.32 Å². The van der Waals surface area contributed by atoms with Gasteiger partial charge in [0.15, 0.2) is 0 Å². The Labute approximate surface area is 195 Å². The van der Waals surface area contributed by atoms with E-state index in [0.717, 1.165) is 22.3 Å². The Morgan fingerprint density at radius 3 is 2.26 bits per heavy atom. The summed E-state index contributed by atoms with van der Waals surface area (Å²) in [4.78, 5) is 12.2. The largest absolute Gasteiger partial charge is 0.449 e. The highest BCUT2D eigenvalue weighted by Crippen LogP contribution is 2.44. The highest BCUT2D eigenvalue weighted by Gasteiger charge is 2.29. The highest BCUT2D eigenvalue weighted by molar-refractivity contribution is 5.79. The van der Waals surface area contributed by atoms with Crippen LogP contribution in [0.5, 0.6) is 0 Å². The van der Waals surface area contributed by atoms with Crippen molar-refractivity contribution in [3.63, 3.8) is 0 Å². The first-order valence-corrected chi connectivity index (χ1v) is 10.7. The van der Waals surface area contributed by atoms with Crippen LogP contribution in [0.25, 0.3) is 11.1 Å². The molecule has 2 atom stereocenters. The van der Waals surface area contributed by atoms with Gasteiger partial charge in [-0.2, -0.15) is 5.26 Å². The fourth-order valence-electron chi connectivity index (χ4n) is 4.21. The molecule has 1 aliphatic carbocycles. The normalized spacial score (nSPS) is 14.0. The molecule has 3 aromatic rings. The third kappa shape index (κ3) is 4.62. The minimum atomic E-state index is -1.73. The van der Waals surface area contributed by atoms with Crippen molar-refractivity contribution in [3.05, 3.63) is 94.6 Å². The van der Waals surface area contributed by atoms with Crippen molar-refractivity contribution >= 4 is 6.09 Å². The third-order valence-corrected chi connectivity index (χ3v) is 5.94. The van der Waals surface area contributed by atoms with Gasteiger partial charge in [-0.25, -0.2) is 13.6 Å². The highest BCUT2D eigenvalue weighted by atomic mass is 19.1. The first-order chi connectivity index (χ1) is 16.4. The number of ether oxygens (including phenoxy) is 1. The van der Waals surface area contributed by atoms with Crippen molar-refractivity contribution in [2.24, 2.45) is 0 Å². The van der Waals surface area contributed by atoms with Gasteiger partial charge in [0.25, 0.3) is 0 Å². The molecule has 3 aromatic carbocycles. The number of nitrogens with one attached hydrogen (secondary N) is 1. The molecule has 0 radical (unpaired) electrons. The van der Waals surface area contributed by atoms with Gasteiger partial charge in [0.1, 0.15) is 30.4 Å². The maximum atomic E-state index is 14.1. The van der Waals surface area contributed by atoms with E-state index >= 15 is 0 Å². The summed E-state index contributed by atoms with van der Waals surface area (Å²) in [6, 6.07) is 18.7. The van der Waals surface area contributed by atoms with Gasteiger partial charge in [-0.05, 0) is 40.8 Å². The number of hydrogen-bond donors (Lipinski definition) is 3. The SMILES string of the molecule is N#Cc1cc(F)c(C(O)C(O)CCNC(=O)OCC2c3ccccc3-c3ccccc32)cc1F. The lowest BCUT2D eigenvalue weighted by Crippen LogP contribution is -2.31. The molecule has 8 heteroatoms. The number of fused-ring (bicyclic) bond motifs is 3. The van der Waals surface area contributed by atoms with E-state index in [2.05, 4.69) is 5.32 Å². The van der Waals surface area contributed by atoms with Gasteiger partial charge in [0, 0.05) is 18.0 Å². The number of carbonyl (C=O) groups is 1. The number of hydrogen-bond acceptors (Lipinski definition) is 5. The zero-order chi connectivity index (χ0) is 24.2. The Morgan fingerprint density at radius 2 is 1.65 bits per heavy atom. The Bertz CT molecular complexity index is 1210. The Kier molecular flexibility index (Phi) is 6.87. The van der Waals surface area contributed by atoms with Crippen LogP contribution >= 0.6 is 0 Å². The summed E-state index contributed by atoms with van der Waals surface area (Å²) in [5.74, 6) is -2.10. The lowest BCUT2D eigenvalue weighted by Gasteiger charge is -2.19. The van der Waals surface area contributed by atoms with Crippen LogP contribution in [0.2, 0.25) is 0 Å².